The number of benzene rings is 3. The van der Waals surface area contributed by atoms with Crippen LogP contribution < -0.4 is 19.5 Å². The largest absolute Gasteiger partial charge is 0.496 e. The molecule has 3 aromatic carbocycles. The topological polar surface area (TPSA) is 85.5 Å². The van der Waals surface area contributed by atoms with E-state index in [0.717, 1.165) is 32.9 Å². The van der Waals surface area contributed by atoms with Crippen LogP contribution in [0.4, 0.5) is 0 Å². The monoisotopic (exact) mass is 481 g/mol. The Morgan fingerprint density at radius 2 is 1.58 bits per heavy atom. The summed E-state index contributed by atoms with van der Waals surface area (Å²) in [5.41, 5.74) is 4.71. The fraction of sp³-hybridized carbons (Fsp3) is 0.172. The van der Waals surface area contributed by atoms with E-state index in [0.29, 0.717) is 41.6 Å². The molecule has 0 fully saturated rings. The van der Waals surface area contributed by atoms with Gasteiger partial charge in [-0.2, -0.15) is 0 Å². The molecule has 0 radical (unpaired) electrons. The Morgan fingerprint density at radius 3 is 2.39 bits per heavy atom. The number of H-pyrrole nitrogens is 1. The molecule has 2 aromatic heterocycles. The van der Waals surface area contributed by atoms with Gasteiger partial charge in [-0.3, -0.25) is 4.79 Å². The number of carbonyl (C=O) groups is 1. The van der Waals surface area contributed by atoms with Gasteiger partial charge in [-0.15, -0.1) is 0 Å². The maximum absolute atomic E-state index is 13.2. The van der Waals surface area contributed by atoms with E-state index in [1.54, 1.807) is 21.3 Å². The van der Waals surface area contributed by atoms with Crippen molar-refractivity contribution in [2.75, 3.05) is 27.9 Å². The third-order valence-electron chi connectivity index (χ3n) is 6.24. The number of fused-ring (bicyclic) bond motifs is 3. The number of rotatable bonds is 8. The van der Waals surface area contributed by atoms with Crippen molar-refractivity contribution in [1.29, 1.82) is 0 Å². The Bertz CT molecular complexity index is 1560. The second-order valence-corrected chi connectivity index (χ2v) is 8.34. The number of aromatic amines is 1. The number of carbonyl (C=O) groups excluding carboxylic acids is 1. The molecule has 0 atom stereocenters. The molecule has 0 saturated heterocycles. The zero-order chi connectivity index (χ0) is 25.1. The summed E-state index contributed by atoms with van der Waals surface area (Å²) in [4.78, 5) is 21.5. The van der Waals surface area contributed by atoms with Crippen molar-refractivity contribution in [1.82, 2.24) is 15.3 Å². The first-order chi connectivity index (χ1) is 17.6. The van der Waals surface area contributed by atoms with Gasteiger partial charge >= 0.3 is 0 Å². The highest BCUT2D eigenvalue weighted by molar-refractivity contribution is 6.13. The minimum atomic E-state index is -0.237. The smallest absolute Gasteiger partial charge is 0.269 e. The summed E-state index contributed by atoms with van der Waals surface area (Å²) in [5.74, 6) is 1.79. The molecular formula is C29H27N3O4. The van der Waals surface area contributed by atoms with Gasteiger partial charge in [-0.25, -0.2) is 4.98 Å². The maximum atomic E-state index is 13.2. The molecule has 0 spiro atoms. The standard InChI is InChI=1S/C29H27N3O4/c1-34-24-11-7-5-9-20(24)27-28-21(19-8-4-6-10-22(19)31-28)17-23(32-27)29(33)30-15-14-18-12-13-25(35-2)26(16-18)36-3/h4-13,16-17,31H,14-15H2,1-3H3,(H,30,33). The summed E-state index contributed by atoms with van der Waals surface area (Å²) in [6, 6.07) is 23.3. The summed E-state index contributed by atoms with van der Waals surface area (Å²) < 4.78 is 16.3. The third kappa shape index (κ3) is 4.31. The van der Waals surface area contributed by atoms with Crippen molar-refractivity contribution in [3.8, 4) is 28.5 Å². The van der Waals surface area contributed by atoms with Crippen LogP contribution in [0.3, 0.4) is 0 Å². The first-order valence-corrected chi connectivity index (χ1v) is 11.7. The highest BCUT2D eigenvalue weighted by atomic mass is 16.5. The Kier molecular flexibility index (Phi) is 6.45. The zero-order valence-electron chi connectivity index (χ0n) is 20.4. The average Bonchev–Trinajstić information content (AvgIpc) is 3.31. The normalized spacial score (nSPS) is 11.0. The molecular weight excluding hydrogens is 454 g/mol. The van der Waals surface area contributed by atoms with Crippen LogP contribution in [-0.4, -0.2) is 43.7 Å². The summed E-state index contributed by atoms with van der Waals surface area (Å²) >= 11 is 0. The molecule has 5 rings (SSSR count). The number of nitrogens with zero attached hydrogens (tertiary/aromatic N) is 1. The van der Waals surface area contributed by atoms with Gasteiger partial charge < -0.3 is 24.5 Å². The van der Waals surface area contributed by atoms with Gasteiger partial charge in [0.15, 0.2) is 11.5 Å². The van der Waals surface area contributed by atoms with E-state index < -0.39 is 0 Å². The second-order valence-electron chi connectivity index (χ2n) is 8.34. The molecule has 2 heterocycles. The fourth-order valence-electron chi connectivity index (χ4n) is 4.44. The van der Waals surface area contributed by atoms with Crippen LogP contribution >= 0.6 is 0 Å². The van der Waals surface area contributed by atoms with Crippen molar-refractivity contribution in [2.24, 2.45) is 0 Å². The van der Waals surface area contributed by atoms with Crippen LogP contribution in [-0.2, 0) is 6.42 Å². The van der Waals surface area contributed by atoms with E-state index in [1.807, 2.05) is 72.8 Å². The first kappa shape index (κ1) is 23.2. The van der Waals surface area contributed by atoms with Crippen molar-refractivity contribution >= 4 is 27.7 Å². The predicted molar refractivity (Wildman–Crippen MR) is 141 cm³/mol. The molecule has 0 bridgehead atoms. The fourth-order valence-corrected chi connectivity index (χ4v) is 4.44. The zero-order valence-corrected chi connectivity index (χ0v) is 20.4. The van der Waals surface area contributed by atoms with Crippen LogP contribution in [0.1, 0.15) is 16.1 Å². The predicted octanol–water partition coefficient (Wildman–Crippen LogP) is 5.38. The highest BCUT2D eigenvalue weighted by Crippen LogP contribution is 2.36. The molecule has 0 aliphatic rings. The average molecular weight is 482 g/mol. The van der Waals surface area contributed by atoms with Gasteiger partial charge in [0.25, 0.3) is 5.91 Å². The number of ether oxygens (including phenoxy) is 3. The van der Waals surface area contributed by atoms with Gasteiger partial charge in [-0.05, 0) is 48.4 Å². The number of pyridine rings is 1. The van der Waals surface area contributed by atoms with Gasteiger partial charge in [0.2, 0.25) is 0 Å². The van der Waals surface area contributed by atoms with Gasteiger partial charge in [-0.1, -0.05) is 36.4 Å². The SMILES string of the molecule is COc1ccc(CCNC(=O)c2cc3c([nH]c4ccccc43)c(-c3ccccc3OC)n2)cc1OC. The lowest BCUT2D eigenvalue weighted by molar-refractivity contribution is 0.0949. The van der Waals surface area contributed by atoms with Crippen molar-refractivity contribution < 1.29 is 19.0 Å². The van der Waals surface area contributed by atoms with E-state index in [-0.39, 0.29) is 5.91 Å². The molecule has 2 N–H and O–H groups in total. The Morgan fingerprint density at radius 1 is 0.833 bits per heavy atom. The lowest BCUT2D eigenvalue weighted by atomic mass is 10.1. The van der Waals surface area contributed by atoms with E-state index in [2.05, 4.69) is 10.3 Å². The number of methoxy groups -OCH3 is 3. The number of amides is 1. The van der Waals surface area contributed by atoms with Gasteiger partial charge in [0.1, 0.15) is 11.4 Å². The number of nitrogens with one attached hydrogen (secondary N) is 2. The number of aromatic nitrogens is 2. The van der Waals surface area contributed by atoms with Crippen molar-refractivity contribution in [3.63, 3.8) is 0 Å². The van der Waals surface area contributed by atoms with E-state index >= 15 is 0 Å². The molecule has 0 saturated carbocycles. The lowest BCUT2D eigenvalue weighted by Gasteiger charge is -2.12. The highest BCUT2D eigenvalue weighted by Gasteiger charge is 2.19. The summed E-state index contributed by atoms with van der Waals surface area (Å²) in [6.45, 7) is 0.450. The number of hydrogen-bond donors (Lipinski definition) is 2. The van der Waals surface area contributed by atoms with Gasteiger partial charge in [0, 0.05) is 28.4 Å². The summed E-state index contributed by atoms with van der Waals surface area (Å²) in [7, 11) is 4.84. The molecule has 7 heteroatoms. The number of hydrogen-bond acceptors (Lipinski definition) is 5. The molecule has 182 valence electrons. The second kappa shape index (κ2) is 10.00. The minimum absolute atomic E-state index is 0.237. The maximum Gasteiger partial charge on any atom is 0.269 e. The van der Waals surface area contributed by atoms with Crippen LogP contribution in [0.15, 0.2) is 72.8 Å². The molecule has 7 nitrogen and oxygen atoms in total. The molecule has 36 heavy (non-hydrogen) atoms. The lowest BCUT2D eigenvalue weighted by Crippen LogP contribution is -2.26. The van der Waals surface area contributed by atoms with E-state index in [1.165, 1.54) is 0 Å². The first-order valence-electron chi connectivity index (χ1n) is 11.7. The van der Waals surface area contributed by atoms with Crippen LogP contribution in [0.25, 0.3) is 33.1 Å². The molecule has 0 aliphatic carbocycles. The van der Waals surface area contributed by atoms with Crippen LogP contribution in [0.2, 0.25) is 0 Å². The Balaban J connectivity index is 1.48. The van der Waals surface area contributed by atoms with E-state index in [4.69, 9.17) is 19.2 Å². The molecule has 1 amide bonds. The van der Waals surface area contributed by atoms with Crippen LogP contribution in [0, 0.1) is 0 Å². The van der Waals surface area contributed by atoms with Gasteiger partial charge in [0.05, 0.1) is 32.5 Å². The molecule has 0 unspecified atom stereocenters. The number of para-hydroxylation sites is 2. The molecule has 0 aliphatic heterocycles. The third-order valence-corrected chi connectivity index (χ3v) is 6.24. The Hall–Kier alpha value is -4.52. The minimum Gasteiger partial charge on any atom is -0.496 e. The molecule has 5 aromatic rings. The quantitative estimate of drug-likeness (QED) is 0.311. The Labute approximate surface area is 209 Å². The van der Waals surface area contributed by atoms with Crippen molar-refractivity contribution in [2.45, 2.75) is 6.42 Å². The van der Waals surface area contributed by atoms with Crippen molar-refractivity contribution in [3.05, 3.63) is 84.1 Å². The van der Waals surface area contributed by atoms with E-state index in [9.17, 15) is 4.79 Å². The summed E-state index contributed by atoms with van der Waals surface area (Å²) in [6.07, 6.45) is 0.640. The summed E-state index contributed by atoms with van der Waals surface area (Å²) in [5, 5.41) is 4.98. The van der Waals surface area contributed by atoms with Crippen LogP contribution in [0.5, 0.6) is 17.2 Å².